The molecule has 0 aliphatic carbocycles. The Labute approximate surface area is 133 Å². The van der Waals surface area contributed by atoms with Crippen molar-refractivity contribution in [1.29, 1.82) is 0 Å². The predicted molar refractivity (Wildman–Crippen MR) is 83.9 cm³/mol. The maximum Gasteiger partial charge on any atom is 0.268 e. The molecule has 1 atom stereocenters. The van der Waals surface area contributed by atoms with Crippen LogP contribution in [0.4, 0.5) is 10.1 Å². The Morgan fingerprint density at radius 1 is 1.32 bits per heavy atom. The Kier molecular flexibility index (Phi) is 3.79. The molecule has 2 aromatic rings. The first-order valence-corrected chi connectivity index (χ1v) is 7.36. The van der Waals surface area contributed by atoms with Gasteiger partial charge in [0.05, 0.1) is 12.2 Å². The molecule has 1 heterocycles. The van der Waals surface area contributed by atoms with Gasteiger partial charge < -0.3 is 9.64 Å². The van der Waals surface area contributed by atoms with Crippen LogP contribution in [0, 0.1) is 12.7 Å². The van der Waals surface area contributed by atoms with Gasteiger partial charge in [-0.2, -0.15) is 0 Å². The highest BCUT2D eigenvalue weighted by Gasteiger charge is 2.32. The molecule has 0 fully saturated rings. The normalized spacial score (nSPS) is 17.2. The molecule has 0 unspecified atom stereocenters. The average Bonchev–Trinajstić information content (AvgIpc) is 2.47. The molecule has 1 aliphatic rings. The van der Waals surface area contributed by atoms with E-state index in [2.05, 4.69) is 0 Å². The van der Waals surface area contributed by atoms with Crippen molar-refractivity contribution >= 4 is 23.2 Å². The first kappa shape index (κ1) is 14.9. The fourth-order valence-electron chi connectivity index (χ4n) is 2.52. The topological polar surface area (TPSA) is 29.5 Å². The zero-order chi connectivity index (χ0) is 15.9. The maximum atomic E-state index is 14.0. The van der Waals surface area contributed by atoms with E-state index in [0.29, 0.717) is 22.0 Å². The standard InChI is InChI=1S/C17H15ClFNO2/c1-10-6-7-16-15(8-10)20(17(21)11(2)22-16)9-12-13(18)4-3-5-14(12)19/h3-8,11H,9H2,1-2H3/t11-/m0/s1. The van der Waals surface area contributed by atoms with Crippen molar-refractivity contribution in [2.45, 2.75) is 26.5 Å². The van der Waals surface area contributed by atoms with Crippen LogP contribution in [0.2, 0.25) is 5.02 Å². The lowest BCUT2D eigenvalue weighted by Crippen LogP contribution is -2.44. The number of benzene rings is 2. The number of nitrogens with zero attached hydrogens (tertiary/aromatic N) is 1. The third-order valence-corrected chi connectivity index (χ3v) is 4.05. The number of rotatable bonds is 2. The first-order valence-electron chi connectivity index (χ1n) is 6.99. The van der Waals surface area contributed by atoms with E-state index in [0.717, 1.165) is 5.56 Å². The Balaban J connectivity index is 2.06. The van der Waals surface area contributed by atoms with E-state index in [1.165, 1.54) is 11.0 Å². The van der Waals surface area contributed by atoms with E-state index in [1.807, 2.05) is 25.1 Å². The monoisotopic (exact) mass is 319 g/mol. The van der Waals surface area contributed by atoms with Crippen molar-refractivity contribution in [2.24, 2.45) is 0 Å². The number of amides is 1. The quantitative estimate of drug-likeness (QED) is 0.834. The van der Waals surface area contributed by atoms with Gasteiger partial charge in [-0.3, -0.25) is 4.79 Å². The Morgan fingerprint density at radius 2 is 2.09 bits per heavy atom. The largest absolute Gasteiger partial charge is 0.479 e. The third-order valence-electron chi connectivity index (χ3n) is 3.70. The fraction of sp³-hybridized carbons (Fsp3) is 0.235. The molecule has 0 bridgehead atoms. The minimum Gasteiger partial charge on any atom is -0.479 e. The lowest BCUT2D eigenvalue weighted by molar-refractivity contribution is -0.125. The zero-order valence-corrected chi connectivity index (χ0v) is 13.0. The molecule has 1 amide bonds. The smallest absolute Gasteiger partial charge is 0.268 e. The van der Waals surface area contributed by atoms with Gasteiger partial charge in [-0.25, -0.2) is 4.39 Å². The van der Waals surface area contributed by atoms with E-state index in [9.17, 15) is 9.18 Å². The minimum absolute atomic E-state index is 0.0779. The minimum atomic E-state index is -0.610. The lowest BCUT2D eigenvalue weighted by atomic mass is 10.1. The summed E-state index contributed by atoms with van der Waals surface area (Å²) >= 11 is 6.08. The van der Waals surface area contributed by atoms with Gasteiger partial charge in [0.2, 0.25) is 0 Å². The Bertz CT molecular complexity index is 727. The van der Waals surface area contributed by atoms with Crippen LogP contribution in [0.3, 0.4) is 0 Å². The highest BCUT2D eigenvalue weighted by atomic mass is 35.5. The summed E-state index contributed by atoms with van der Waals surface area (Å²) in [5.41, 5.74) is 1.94. The number of aryl methyl sites for hydroxylation is 1. The molecule has 22 heavy (non-hydrogen) atoms. The second-order valence-electron chi connectivity index (χ2n) is 5.36. The number of anilines is 1. The Morgan fingerprint density at radius 3 is 2.82 bits per heavy atom. The summed E-state index contributed by atoms with van der Waals surface area (Å²) in [5, 5.41) is 0.307. The lowest BCUT2D eigenvalue weighted by Gasteiger charge is -2.33. The van der Waals surface area contributed by atoms with Gasteiger partial charge in [0.15, 0.2) is 6.10 Å². The molecule has 3 nitrogen and oxygen atoms in total. The van der Waals surface area contributed by atoms with Gasteiger partial charge in [-0.1, -0.05) is 23.7 Å². The van der Waals surface area contributed by atoms with Crippen molar-refractivity contribution in [3.8, 4) is 5.75 Å². The first-order chi connectivity index (χ1) is 10.5. The van der Waals surface area contributed by atoms with E-state index in [-0.39, 0.29) is 12.5 Å². The van der Waals surface area contributed by atoms with Gasteiger partial charge in [0, 0.05) is 10.6 Å². The SMILES string of the molecule is Cc1ccc2c(c1)N(Cc1c(F)cccc1Cl)C(=O)[C@H](C)O2. The van der Waals surface area contributed by atoms with Crippen molar-refractivity contribution in [3.63, 3.8) is 0 Å². The van der Waals surface area contributed by atoms with Gasteiger partial charge in [-0.15, -0.1) is 0 Å². The van der Waals surface area contributed by atoms with E-state index in [1.54, 1.807) is 19.1 Å². The van der Waals surface area contributed by atoms with Crippen molar-refractivity contribution in [1.82, 2.24) is 0 Å². The number of halogens is 2. The molecule has 0 radical (unpaired) electrons. The highest BCUT2D eigenvalue weighted by Crippen LogP contribution is 2.36. The molecule has 0 N–H and O–H groups in total. The number of hydrogen-bond acceptors (Lipinski definition) is 2. The second-order valence-corrected chi connectivity index (χ2v) is 5.76. The molecule has 1 aliphatic heterocycles. The van der Waals surface area contributed by atoms with Crippen molar-refractivity contribution < 1.29 is 13.9 Å². The number of carbonyl (C=O) groups is 1. The summed E-state index contributed by atoms with van der Waals surface area (Å²) in [6.07, 6.45) is -0.610. The summed E-state index contributed by atoms with van der Waals surface area (Å²) < 4.78 is 19.6. The van der Waals surface area contributed by atoms with Crippen LogP contribution in [0.1, 0.15) is 18.1 Å². The molecule has 5 heteroatoms. The van der Waals surface area contributed by atoms with Gasteiger partial charge in [-0.05, 0) is 43.7 Å². The van der Waals surface area contributed by atoms with Crippen LogP contribution in [-0.4, -0.2) is 12.0 Å². The molecular formula is C17H15ClFNO2. The van der Waals surface area contributed by atoms with E-state index >= 15 is 0 Å². The zero-order valence-electron chi connectivity index (χ0n) is 12.3. The van der Waals surface area contributed by atoms with E-state index in [4.69, 9.17) is 16.3 Å². The maximum absolute atomic E-state index is 14.0. The summed E-state index contributed by atoms with van der Waals surface area (Å²) in [5.74, 6) is -0.0174. The summed E-state index contributed by atoms with van der Waals surface area (Å²) in [6, 6.07) is 10.1. The summed E-state index contributed by atoms with van der Waals surface area (Å²) in [6.45, 7) is 3.69. The van der Waals surface area contributed by atoms with E-state index < -0.39 is 11.9 Å². The van der Waals surface area contributed by atoms with Crippen LogP contribution in [0.5, 0.6) is 5.75 Å². The average molecular weight is 320 g/mol. The van der Waals surface area contributed by atoms with Gasteiger partial charge in [0.25, 0.3) is 5.91 Å². The molecule has 0 aromatic heterocycles. The molecule has 0 saturated heterocycles. The van der Waals surface area contributed by atoms with Crippen LogP contribution in [0.25, 0.3) is 0 Å². The highest BCUT2D eigenvalue weighted by molar-refractivity contribution is 6.31. The van der Waals surface area contributed by atoms with Crippen LogP contribution in [-0.2, 0) is 11.3 Å². The number of carbonyl (C=O) groups excluding carboxylic acids is 1. The molecule has 114 valence electrons. The molecule has 0 spiro atoms. The molecule has 3 rings (SSSR count). The van der Waals surface area contributed by atoms with Gasteiger partial charge in [0.1, 0.15) is 11.6 Å². The number of fused-ring (bicyclic) bond motifs is 1. The molecular weight excluding hydrogens is 305 g/mol. The predicted octanol–water partition coefficient (Wildman–Crippen LogP) is 4.10. The van der Waals surface area contributed by atoms with Crippen molar-refractivity contribution in [2.75, 3.05) is 4.90 Å². The summed E-state index contributed by atoms with van der Waals surface area (Å²) in [4.78, 5) is 14.0. The van der Waals surface area contributed by atoms with Crippen molar-refractivity contribution in [3.05, 3.63) is 58.4 Å². The fourth-order valence-corrected chi connectivity index (χ4v) is 2.74. The van der Waals surface area contributed by atoms with Crippen LogP contribution in [0.15, 0.2) is 36.4 Å². The Hall–Kier alpha value is -2.07. The number of hydrogen-bond donors (Lipinski definition) is 0. The number of ether oxygens (including phenoxy) is 1. The van der Waals surface area contributed by atoms with Gasteiger partial charge >= 0.3 is 0 Å². The summed E-state index contributed by atoms with van der Waals surface area (Å²) in [7, 11) is 0. The van der Waals surface area contributed by atoms with Crippen LogP contribution >= 0.6 is 11.6 Å². The van der Waals surface area contributed by atoms with Crippen LogP contribution < -0.4 is 9.64 Å². The second kappa shape index (κ2) is 5.61. The third kappa shape index (κ3) is 2.55. The molecule has 0 saturated carbocycles. The molecule has 2 aromatic carbocycles.